The molecule has 1 rings (SSSR count). The Bertz CT molecular complexity index is 684. The molecule has 0 aromatic heterocycles. The fourth-order valence-electron chi connectivity index (χ4n) is 2.34. The van der Waals surface area contributed by atoms with E-state index in [1.165, 1.54) is 5.01 Å². The van der Waals surface area contributed by atoms with E-state index in [4.69, 9.17) is 4.74 Å². The molecule has 0 aliphatic carbocycles. The average Bonchev–Trinajstić information content (AvgIpc) is 2.64. The molecule has 6 heteroatoms. The second-order valence-corrected chi connectivity index (χ2v) is 7.42. The molecule has 1 aromatic rings. The molecule has 0 heterocycles. The van der Waals surface area contributed by atoms with Crippen molar-refractivity contribution in [3.63, 3.8) is 0 Å². The Hall–Kier alpha value is -2.52. The summed E-state index contributed by atoms with van der Waals surface area (Å²) in [5.74, 6) is 6.33. The van der Waals surface area contributed by atoms with Gasteiger partial charge in [0.15, 0.2) is 0 Å². The lowest BCUT2D eigenvalue weighted by molar-refractivity contribution is 0.0166. The van der Waals surface area contributed by atoms with Crippen LogP contribution in [0.25, 0.3) is 0 Å². The third-order valence-electron chi connectivity index (χ3n) is 3.79. The Morgan fingerprint density at radius 1 is 1.21 bits per heavy atom. The first kappa shape index (κ1) is 23.5. The smallest absolute Gasteiger partial charge is 0.424 e. The van der Waals surface area contributed by atoms with Gasteiger partial charge in [0.2, 0.25) is 0 Å². The van der Waals surface area contributed by atoms with Crippen LogP contribution in [0.4, 0.5) is 4.79 Å². The van der Waals surface area contributed by atoms with Crippen LogP contribution in [0, 0.1) is 11.8 Å². The largest absolute Gasteiger partial charge is 0.443 e. The van der Waals surface area contributed by atoms with E-state index >= 15 is 0 Å². The SMILES string of the molecule is CC/C(CCN(NC)C(=O)OC(C)(C)C)=N\N(C)CCC#Cc1ccccc1. The van der Waals surface area contributed by atoms with Crippen LogP contribution < -0.4 is 5.43 Å². The lowest BCUT2D eigenvalue weighted by atomic mass is 10.2. The van der Waals surface area contributed by atoms with Gasteiger partial charge in [-0.2, -0.15) is 5.10 Å². The van der Waals surface area contributed by atoms with Gasteiger partial charge in [0.05, 0.1) is 0 Å². The molecule has 0 saturated carbocycles. The topological polar surface area (TPSA) is 57.2 Å². The quantitative estimate of drug-likeness (QED) is 0.418. The summed E-state index contributed by atoms with van der Waals surface area (Å²) in [5.41, 5.74) is 4.42. The van der Waals surface area contributed by atoms with Gasteiger partial charge in [-0.15, -0.1) is 0 Å². The summed E-state index contributed by atoms with van der Waals surface area (Å²) >= 11 is 0. The molecule has 0 bridgehead atoms. The Labute approximate surface area is 169 Å². The van der Waals surface area contributed by atoms with Crippen molar-refractivity contribution < 1.29 is 9.53 Å². The van der Waals surface area contributed by atoms with Crippen molar-refractivity contribution in [1.82, 2.24) is 15.4 Å². The van der Waals surface area contributed by atoms with Crippen molar-refractivity contribution in [2.45, 2.75) is 52.6 Å². The molecule has 0 aliphatic rings. The van der Waals surface area contributed by atoms with Crippen molar-refractivity contribution in [2.24, 2.45) is 5.10 Å². The lowest BCUT2D eigenvalue weighted by Crippen LogP contribution is -2.44. The van der Waals surface area contributed by atoms with Crippen LogP contribution in [0.15, 0.2) is 35.4 Å². The molecule has 1 aromatic carbocycles. The van der Waals surface area contributed by atoms with Crippen LogP contribution in [0.1, 0.15) is 52.5 Å². The number of nitrogens with zero attached hydrogens (tertiary/aromatic N) is 3. The molecule has 0 radical (unpaired) electrons. The highest BCUT2D eigenvalue weighted by molar-refractivity contribution is 5.84. The maximum Gasteiger partial charge on any atom is 0.424 e. The van der Waals surface area contributed by atoms with Crippen LogP contribution in [-0.2, 0) is 4.74 Å². The molecule has 1 amide bonds. The van der Waals surface area contributed by atoms with Gasteiger partial charge in [-0.25, -0.2) is 15.2 Å². The van der Waals surface area contributed by atoms with Gasteiger partial charge in [0, 0.05) is 51.3 Å². The highest BCUT2D eigenvalue weighted by Crippen LogP contribution is 2.09. The van der Waals surface area contributed by atoms with Gasteiger partial charge in [0.25, 0.3) is 0 Å². The van der Waals surface area contributed by atoms with Gasteiger partial charge in [-0.05, 0) is 39.3 Å². The van der Waals surface area contributed by atoms with E-state index in [0.717, 1.165) is 30.7 Å². The zero-order chi connectivity index (χ0) is 21.0. The van der Waals surface area contributed by atoms with Gasteiger partial charge in [-0.1, -0.05) is 37.0 Å². The molecule has 0 atom stereocenters. The molecular weight excluding hydrogens is 352 g/mol. The first-order valence-corrected chi connectivity index (χ1v) is 9.74. The highest BCUT2D eigenvalue weighted by atomic mass is 16.6. The summed E-state index contributed by atoms with van der Waals surface area (Å²) < 4.78 is 5.40. The Morgan fingerprint density at radius 2 is 1.89 bits per heavy atom. The lowest BCUT2D eigenvalue weighted by Gasteiger charge is -2.26. The van der Waals surface area contributed by atoms with Gasteiger partial charge >= 0.3 is 6.09 Å². The predicted molar refractivity (Wildman–Crippen MR) is 115 cm³/mol. The first-order valence-electron chi connectivity index (χ1n) is 9.74. The Balaban J connectivity index is 2.50. The van der Waals surface area contributed by atoms with Gasteiger partial charge in [-0.3, -0.25) is 5.01 Å². The van der Waals surface area contributed by atoms with E-state index in [-0.39, 0.29) is 6.09 Å². The summed E-state index contributed by atoms with van der Waals surface area (Å²) in [6.45, 7) is 8.89. The van der Waals surface area contributed by atoms with E-state index < -0.39 is 5.60 Å². The van der Waals surface area contributed by atoms with Crippen LogP contribution in [0.5, 0.6) is 0 Å². The number of hydrazone groups is 1. The van der Waals surface area contributed by atoms with Crippen LogP contribution in [-0.4, -0.2) is 54.6 Å². The second kappa shape index (κ2) is 12.0. The highest BCUT2D eigenvalue weighted by Gasteiger charge is 2.21. The molecule has 0 fully saturated rings. The van der Waals surface area contributed by atoms with Crippen LogP contribution in [0.3, 0.4) is 0 Å². The fourth-order valence-corrected chi connectivity index (χ4v) is 2.34. The maximum absolute atomic E-state index is 12.2. The number of amides is 1. The molecule has 0 aliphatic heterocycles. The third-order valence-corrected chi connectivity index (χ3v) is 3.79. The number of rotatable bonds is 8. The van der Waals surface area contributed by atoms with Gasteiger partial charge < -0.3 is 4.74 Å². The average molecular weight is 387 g/mol. The van der Waals surface area contributed by atoms with Crippen LogP contribution in [0.2, 0.25) is 0 Å². The van der Waals surface area contributed by atoms with E-state index in [2.05, 4.69) is 29.3 Å². The molecule has 28 heavy (non-hydrogen) atoms. The van der Waals surface area contributed by atoms with Crippen molar-refractivity contribution in [2.75, 3.05) is 27.2 Å². The third kappa shape index (κ3) is 9.98. The molecule has 154 valence electrons. The zero-order valence-corrected chi connectivity index (χ0v) is 18.1. The summed E-state index contributed by atoms with van der Waals surface area (Å²) in [7, 11) is 3.66. The molecule has 0 unspecified atom stereocenters. The number of hydrogen-bond donors (Lipinski definition) is 1. The number of nitrogens with one attached hydrogen (secondary N) is 1. The Morgan fingerprint density at radius 3 is 2.46 bits per heavy atom. The van der Waals surface area contributed by atoms with Crippen molar-refractivity contribution >= 4 is 11.8 Å². The number of carbonyl (C=O) groups is 1. The Kier molecular flexibility index (Phi) is 10.1. The van der Waals surface area contributed by atoms with E-state index in [0.29, 0.717) is 13.0 Å². The van der Waals surface area contributed by atoms with Crippen molar-refractivity contribution in [1.29, 1.82) is 0 Å². The van der Waals surface area contributed by atoms with Crippen LogP contribution >= 0.6 is 0 Å². The number of hydrazine groups is 1. The minimum Gasteiger partial charge on any atom is -0.443 e. The zero-order valence-electron chi connectivity index (χ0n) is 18.1. The molecule has 6 nitrogen and oxygen atoms in total. The minimum absolute atomic E-state index is 0.380. The number of benzene rings is 1. The summed E-state index contributed by atoms with van der Waals surface area (Å²) in [5, 5.41) is 8.04. The normalized spacial score (nSPS) is 11.4. The summed E-state index contributed by atoms with van der Waals surface area (Å²) in [6.07, 6.45) is 1.87. The maximum atomic E-state index is 12.2. The number of ether oxygens (including phenoxy) is 1. The summed E-state index contributed by atoms with van der Waals surface area (Å²) in [6, 6.07) is 9.96. The predicted octanol–water partition coefficient (Wildman–Crippen LogP) is 3.89. The molecule has 0 spiro atoms. The molecule has 0 saturated heterocycles. The molecule has 1 N–H and O–H groups in total. The minimum atomic E-state index is -0.519. The fraction of sp³-hybridized carbons (Fsp3) is 0.545. The standard InChI is InChI=1S/C22H34N4O2/c1-7-20(16-18-26(23-5)21(27)28-22(2,3)4)24-25(6)17-12-11-15-19-13-9-8-10-14-19/h8-10,13-14,23H,7,12,16-18H2,1-6H3/b24-20+. The summed E-state index contributed by atoms with van der Waals surface area (Å²) in [4.78, 5) is 12.2. The van der Waals surface area contributed by atoms with Crippen molar-refractivity contribution in [3.8, 4) is 11.8 Å². The van der Waals surface area contributed by atoms with E-state index in [1.54, 1.807) is 7.05 Å². The number of carbonyl (C=O) groups excluding carboxylic acids is 1. The number of hydrogen-bond acceptors (Lipinski definition) is 5. The second-order valence-electron chi connectivity index (χ2n) is 7.42. The van der Waals surface area contributed by atoms with Gasteiger partial charge in [0.1, 0.15) is 5.60 Å². The van der Waals surface area contributed by atoms with E-state index in [9.17, 15) is 4.79 Å². The van der Waals surface area contributed by atoms with Crippen molar-refractivity contribution in [3.05, 3.63) is 35.9 Å². The first-order chi connectivity index (χ1) is 13.2. The monoisotopic (exact) mass is 386 g/mol. The molecular formula is C22H34N4O2. The van der Waals surface area contributed by atoms with E-state index in [1.807, 2.05) is 63.2 Å².